The van der Waals surface area contributed by atoms with Gasteiger partial charge in [-0.15, -0.1) is 0 Å². The predicted octanol–water partition coefficient (Wildman–Crippen LogP) is 2.14. The molecule has 1 N–H and O–H groups in total. The third-order valence-electron chi connectivity index (χ3n) is 2.48. The van der Waals surface area contributed by atoms with Crippen LogP contribution in [0.25, 0.3) is 0 Å². The van der Waals surface area contributed by atoms with E-state index in [0.29, 0.717) is 18.2 Å². The molecule has 0 aliphatic carbocycles. The second kappa shape index (κ2) is 6.60. The highest BCUT2D eigenvalue weighted by Crippen LogP contribution is 2.04. The molecule has 0 aromatic rings. The smallest absolute Gasteiger partial charge is 0.330 e. The molecule has 0 fully saturated rings. The molecule has 0 aromatic carbocycles. The summed E-state index contributed by atoms with van der Waals surface area (Å²) in [5, 5.41) is 8.65. The molecular weight excluding hydrogens is 178 g/mol. The lowest BCUT2D eigenvalue weighted by Crippen LogP contribution is -2.29. The fourth-order valence-electron chi connectivity index (χ4n) is 1.19. The van der Waals surface area contributed by atoms with Gasteiger partial charge in [-0.3, -0.25) is 0 Å². The molecule has 0 aliphatic rings. The lowest BCUT2D eigenvalue weighted by atomic mass is 10.1. The number of carboxylic acid groups (broad SMARTS) is 1. The number of rotatable bonds is 6. The second-order valence-corrected chi connectivity index (χ2v) is 3.77. The molecule has 0 radical (unpaired) electrons. The van der Waals surface area contributed by atoms with E-state index < -0.39 is 5.97 Å². The lowest BCUT2D eigenvalue weighted by Gasteiger charge is -2.22. The minimum Gasteiger partial charge on any atom is -0.478 e. The fourth-order valence-corrected chi connectivity index (χ4v) is 1.19. The molecule has 0 saturated heterocycles. The van der Waals surface area contributed by atoms with Crippen molar-refractivity contribution in [1.82, 2.24) is 4.90 Å². The van der Waals surface area contributed by atoms with Gasteiger partial charge in [0.2, 0.25) is 0 Å². The van der Waals surface area contributed by atoms with Crippen LogP contribution in [0.5, 0.6) is 0 Å². The van der Waals surface area contributed by atoms with E-state index in [9.17, 15) is 4.79 Å². The van der Waals surface area contributed by atoms with E-state index >= 15 is 0 Å². The van der Waals surface area contributed by atoms with Crippen molar-refractivity contribution in [1.29, 1.82) is 0 Å². The van der Waals surface area contributed by atoms with E-state index in [4.69, 9.17) is 5.11 Å². The number of hydrogen-bond acceptors (Lipinski definition) is 2. The summed E-state index contributed by atoms with van der Waals surface area (Å²) in [6.45, 7) is 6.65. The molecule has 0 spiro atoms. The summed E-state index contributed by atoms with van der Waals surface area (Å²) in [5.74, 6) is -0.832. The maximum absolute atomic E-state index is 10.5. The van der Waals surface area contributed by atoms with Crippen molar-refractivity contribution in [2.75, 3.05) is 13.6 Å². The molecule has 14 heavy (non-hydrogen) atoms. The minimum absolute atomic E-state index is 0.417. The molecule has 0 saturated carbocycles. The first kappa shape index (κ1) is 13.2. The van der Waals surface area contributed by atoms with Gasteiger partial charge in [0, 0.05) is 18.2 Å². The fraction of sp³-hybridized carbons (Fsp3) is 0.727. The summed E-state index contributed by atoms with van der Waals surface area (Å²) in [5.41, 5.74) is 0.417. The molecule has 0 heterocycles. The third-order valence-corrected chi connectivity index (χ3v) is 2.48. The van der Waals surface area contributed by atoms with E-state index in [2.05, 4.69) is 18.7 Å². The van der Waals surface area contributed by atoms with Gasteiger partial charge in [-0.2, -0.15) is 0 Å². The summed E-state index contributed by atoms with van der Waals surface area (Å²) in [7, 11) is 2.02. The topological polar surface area (TPSA) is 40.5 Å². The molecule has 1 unspecified atom stereocenters. The zero-order valence-corrected chi connectivity index (χ0v) is 9.58. The summed E-state index contributed by atoms with van der Waals surface area (Å²) >= 11 is 0. The van der Waals surface area contributed by atoms with Gasteiger partial charge >= 0.3 is 5.97 Å². The maximum atomic E-state index is 10.5. The van der Waals surface area contributed by atoms with E-state index in [1.165, 1.54) is 0 Å². The number of likely N-dealkylation sites (N-methyl/N-ethyl adjacent to an activating group) is 1. The van der Waals surface area contributed by atoms with Crippen molar-refractivity contribution in [3.63, 3.8) is 0 Å². The SMILES string of the molecule is CCCC(C)N(C)CC=C(C)C(=O)O. The van der Waals surface area contributed by atoms with Crippen LogP contribution in [0.4, 0.5) is 0 Å². The van der Waals surface area contributed by atoms with E-state index in [-0.39, 0.29) is 0 Å². The van der Waals surface area contributed by atoms with Gasteiger partial charge in [0.15, 0.2) is 0 Å². The van der Waals surface area contributed by atoms with Crippen LogP contribution < -0.4 is 0 Å². The van der Waals surface area contributed by atoms with Gasteiger partial charge in [-0.1, -0.05) is 19.4 Å². The number of carboxylic acids is 1. The minimum atomic E-state index is -0.832. The van der Waals surface area contributed by atoms with Crippen LogP contribution in [0.15, 0.2) is 11.6 Å². The third kappa shape index (κ3) is 5.02. The van der Waals surface area contributed by atoms with Crippen LogP contribution >= 0.6 is 0 Å². The normalized spacial score (nSPS) is 14.5. The van der Waals surface area contributed by atoms with Crippen molar-refractivity contribution in [3.8, 4) is 0 Å². The number of hydrogen-bond donors (Lipinski definition) is 1. The maximum Gasteiger partial charge on any atom is 0.330 e. The highest BCUT2D eigenvalue weighted by molar-refractivity contribution is 5.85. The molecule has 0 aliphatic heterocycles. The van der Waals surface area contributed by atoms with Gasteiger partial charge in [0.25, 0.3) is 0 Å². The van der Waals surface area contributed by atoms with Crippen LogP contribution in [-0.4, -0.2) is 35.6 Å². The molecule has 3 heteroatoms. The first-order valence-corrected chi connectivity index (χ1v) is 5.09. The number of aliphatic carboxylic acids is 1. The molecule has 0 amide bonds. The molecule has 1 atom stereocenters. The van der Waals surface area contributed by atoms with E-state index in [0.717, 1.165) is 12.8 Å². The van der Waals surface area contributed by atoms with Crippen LogP contribution in [0.2, 0.25) is 0 Å². The molecule has 0 bridgehead atoms. The Morgan fingerprint density at radius 2 is 2.14 bits per heavy atom. The quantitative estimate of drug-likeness (QED) is 0.666. The summed E-state index contributed by atoms with van der Waals surface area (Å²) in [6.07, 6.45) is 4.07. The van der Waals surface area contributed by atoms with Gasteiger partial charge in [-0.05, 0) is 27.3 Å². The van der Waals surface area contributed by atoms with Crippen molar-refractivity contribution >= 4 is 5.97 Å². The summed E-state index contributed by atoms with van der Waals surface area (Å²) in [6, 6.07) is 0.512. The van der Waals surface area contributed by atoms with Crippen molar-refractivity contribution in [2.45, 2.75) is 39.7 Å². The Bertz CT molecular complexity index is 211. The number of carbonyl (C=O) groups is 1. The van der Waals surface area contributed by atoms with Crippen molar-refractivity contribution in [2.24, 2.45) is 0 Å². The lowest BCUT2D eigenvalue weighted by molar-refractivity contribution is -0.132. The highest BCUT2D eigenvalue weighted by Gasteiger charge is 2.07. The number of nitrogens with zero attached hydrogens (tertiary/aromatic N) is 1. The Balaban J connectivity index is 4.00. The Morgan fingerprint density at radius 3 is 2.57 bits per heavy atom. The van der Waals surface area contributed by atoms with Crippen LogP contribution in [0.3, 0.4) is 0 Å². The molecule has 3 nitrogen and oxygen atoms in total. The van der Waals surface area contributed by atoms with Crippen molar-refractivity contribution < 1.29 is 9.90 Å². The van der Waals surface area contributed by atoms with Gasteiger partial charge in [0.1, 0.15) is 0 Å². The van der Waals surface area contributed by atoms with Crippen LogP contribution in [0.1, 0.15) is 33.6 Å². The summed E-state index contributed by atoms with van der Waals surface area (Å²) < 4.78 is 0. The second-order valence-electron chi connectivity index (χ2n) is 3.77. The first-order valence-electron chi connectivity index (χ1n) is 5.09. The van der Waals surface area contributed by atoms with Gasteiger partial charge < -0.3 is 10.0 Å². The van der Waals surface area contributed by atoms with E-state index in [1.807, 2.05) is 7.05 Å². The molecule has 82 valence electrons. The zero-order valence-electron chi connectivity index (χ0n) is 9.58. The van der Waals surface area contributed by atoms with Gasteiger partial charge in [0.05, 0.1) is 0 Å². The standard InChI is InChI=1S/C11H21NO2/c1-5-6-10(3)12(4)8-7-9(2)11(13)14/h7,10H,5-6,8H2,1-4H3,(H,13,14). The van der Waals surface area contributed by atoms with Gasteiger partial charge in [-0.25, -0.2) is 4.79 Å². The largest absolute Gasteiger partial charge is 0.478 e. The Hall–Kier alpha value is -0.830. The predicted molar refractivity (Wildman–Crippen MR) is 58.4 cm³/mol. The van der Waals surface area contributed by atoms with E-state index in [1.54, 1.807) is 13.0 Å². The Kier molecular flexibility index (Phi) is 6.21. The first-order chi connectivity index (χ1) is 6.49. The molecule has 0 aromatic heterocycles. The summed E-state index contributed by atoms with van der Waals surface area (Å²) in [4.78, 5) is 12.7. The Labute approximate surface area is 86.4 Å². The monoisotopic (exact) mass is 199 g/mol. The van der Waals surface area contributed by atoms with Crippen molar-refractivity contribution in [3.05, 3.63) is 11.6 Å². The average molecular weight is 199 g/mol. The molecular formula is C11H21NO2. The molecule has 0 rings (SSSR count). The average Bonchev–Trinajstić information content (AvgIpc) is 2.13. The Morgan fingerprint density at radius 1 is 1.57 bits per heavy atom. The zero-order chi connectivity index (χ0) is 11.1. The van der Waals surface area contributed by atoms with Crippen LogP contribution in [-0.2, 0) is 4.79 Å². The van der Waals surface area contributed by atoms with Crippen LogP contribution in [0, 0.1) is 0 Å². The highest BCUT2D eigenvalue weighted by atomic mass is 16.4.